The molecule has 0 radical (unpaired) electrons. The summed E-state index contributed by atoms with van der Waals surface area (Å²) in [7, 11) is 0. The fourth-order valence-corrected chi connectivity index (χ4v) is 5.27. The predicted molar refractivity (Wildman–Crippen MR) is 169 cm³/mol. The van der Waals surface area contributed by atoms with Crippen LogP contribution in [0.1, 0.15) is 72.9 Å². The molecule has 0 spiro atoms. The third-order valence-electron chi connectivity index (χ3n) is 7.50. The van der Waals surface area contributed by atoms with Crippen molar-refractivity contribution in [2.45, 2.75) is 52.4 Å². The smallest absolute Gasteiger partial charge is 0.00987 e. The van der Waals surface area contributed by atoms with Crippen molar-refractivity contribution in [2.24, 2.45) is 0 Å². The largest absolute Gasteiger partial charge is 0.0654 e. The minimum Gasteiger partial charge on any atom is -0.0654 e. The molecule has 190 valence electrons. The van der Waals surface area contributed by atoms with Gasteiger partial charge in [0.25, 0.3) is 0 Å². The minimum atomic E-state index is 1.16. The van der Waals surface area contributed by atoms with Crippen LogP contribution in [0.15, 0.2) is 97.1 Å². The SMILES string of the molecule is CCCCc1ccc(C=Cc2c3ccccc3c(C=Cc3ccc(CCCC)cc3)c3ccccc23)cc1. The highest BCUT2D eigenvalue weighted by Gasteiger charge is 2.10. The molecule has 0 nitrogen and oxygen atoms in total. The Morgan fingerprint density at radius 1 is 0.421 bits per heavy atom. The van der Waals surface area contributed by atoms with Crippen LogP contribution < -0.4 is 0 Å². The Labute approximate surface area is 228 Å². The molecule has 0 aliphatic rings. The molecule has 0 unspecified atom stereocenters. The Hall–Kier alpha value is -3.90. The van der Waals surface area contributed by atoms with Crippen LogP contribution in [-0.4, -0.2) is 0 Å². The van der Waals surface area contributed by atoms with E-state index in [9.17, 15) is 0 Å². The van der Waals surface area contributed by atoms with E-state index in [0.717, 1.165) is 12.8 Å². The molecule has 0 amide bonds. The van der Waals surface area contributed by atoms with Gasteiger partial charge in [-0.15, -0.1) is 0 Å². The number of benzene rings is 5. The summed E-state index contributed by atoms with van der Waals surface area (Å²) in [5.74, 6) is 0. The zero-order valence-corrected chi connectivity index (χ0v) is 22.8. The van der Waals surface area contributed by atoms with Gasteiger partial charge in [-0.3, -0.25) is 0 Å². The third-order valence-corrected chi connectivity index (χ3v) is 7.50. The van der Waals surface area contributed by atoms with Crippen molar-refractivity contribution >= 4 is 45.8 Å². The van der Waals surface area contributed by atoms with Crippen molar-refractivity contribution in [1.29, 1.82) is 0 Å². The second-order valence-electron chi connectivity index (χ2n) is 10.3. The molecule has 5 rings (SSSR count). The Morgan fingerprint density at radius 3 is 1.08 bits per heavy atom. The van der Waals surface area contributed by atoms with Gasteiger partial charge in [-0.1, -0.05) is 148 Å². The molecular formula is C38H38. The van der Waals surface area contributed by atoms with E-state index in [4.69, 9.17) is 0 Å². The van der Waals surface area contributed by atoms with Crippen LogP contribution in [0, 0.1) is 0 Å². The average molecular weight is 495 g/mol. The van der Waals surface area contributed by atoms with Crippen LogP contribution in [0.3, 0.4) is 0 Å². The Morgan fingerprint density at radius 2 is 0.763 bits per heavy atom. The molecule has 5 aromatic carbocycles. The number of aryl methyl sites for hydroxylation is 2. The van der Waals surface area contributed by atoms with Crippen LogP contribution in [0.5, 0.6) is 0 Å². The number of hydrogen-bond acceptors (Lipinski definition) is 0. The van der Waals surface area contributed by atoms with Crippen LogP contribution in [0.2, 0.25) is 0 Å². The molecule has 38 heavy (non-hydrogen) atoms. The molecule has 0 aromatic heterocycles. The number of fused-ring (bicyclic) bond motifs is 2. The van der Waals surface area contributed by atoms with Gasteiger partial charge in [0.15, 0.2) is 0 Å². The fourth-order valence-electron chi connectivity index (χ4n) is 5.27. The number of unbranched alkanes of at least 4 members (excludes halogenated alkanes) is 2. The van der Waals surface area contributed by atoms with E-state index in [0.29, 0.717) is 0 Å². The summed E-state index contributed by atoms with van der Waals surface area (Å²) in [5.41, 5.74) is 7.89. The first kappa shape index (κ1) is 25.7. The van der Waals surface area contributed by atoms with Gasteiger partial charge in [0.05, 0.1) is 0 Å². The summed E-state index contributed by atoms with van der Waals surface area (Å²) >= 11 is 0. The van der Waals surface area contributed by atoms with Crippen LogP contribution >= 0.6 is 0 Å². The summed E-state index contributed by atoms with van der Waals surface area (Å²) in [5, 5.41) is 5.15. The molecule has 0 heterocycles. The van der Waals surface area contributed by atoms with Crippen molar-refractivity contribution in [3.63, 3.8) is 0 Å². The van der Waals surface area contributed by atoms with E-state index in [2.05, 4.69) is 135 Å². The Balaban J connectivity index is 1.52. The Bertz CT molecular complexity index is 1370. The topological polar surface area (TPSA) is 0 Å². The number of rotatable bonds is 10. The molecule has 0 heteroatoms. The first-order chi connectivity index (χ1) is 18.8. The standard InChI is InChI=1S/C38H38/c1-3-5-11-29-17-21-31(22-18-29)25-27-37-33-13-7-9-15-35(33)38(36-16-10-8-14-34(36)37)28-26-32-23-19-30(20-24-32)12-6-4-2/h7-10,13-28H,3-6,11-12H2,1-2H3. The maximum absolute atomic E-state index is 2.30. The van der Waals surface area contributed by atoms with Gasteiger partial charge in [0, 0.05) is 0 Å². The summed E-state index contributed by atoms with van der Waals surface area (Å²) in [6.07, 6.45) is 16.4. The zero-order chi connectivity index (χ0) is 26.2. The summed E-state index contributed by atoms with van der Waals surface area (Å²) < 4.78 is 0. The molecule has 0 atom stereocenters. The van der Waals surface area contributed by atoms with Gasteiger partial charge in [-0.25, -0.2) is 0 Å². The quantitative estimate of drug-likeness (QED) is 0.134. The molecule has 0 fully saturated rings. The molecule has 0 aliphatic heterocycles. The van der Waals surface area contributed by atoms with Crippen LogP contribution in [0.25, 0.3) is 45.8 Å². The third kappa shape index (κ3) is 5.97. The summed E-state index contributed by atoms with van der Waals surface area (Å²) in [4.78, 5) is 0. The van der Waals surface area contributed by atoms with Crippen molar-refractivity contribution in [1.82, 2.24) is 0 Å². The lowest BCUT2D eigenvalue weighted by molar-refractivity contribution is 0.795. The van der Waals surface area contributed by atoms with Crippen LogP contribution in [0.4, 0.5) is 0 Å². The first-order valence-electron chi connectivity index (χ1n) is 14.2. The molecule has 0 bridgehead atoms. The monoisotopic (exact) mass is 494 g/mol. The van der Waals surface area contributed by atoms with E-state index in [1.54, 1.807) is 0 Å². The van der Waals surface area contributed by atoms with E-state index in [-0.39, 0.29) is 0 Å². The highest BCUT2D eigenvalue weighted by molar-refractivity contribution is 6.14. The summed E-state index contributed by atoms with van der Waals surface area (Å²) in [6, 6.07) is 35.7. The van der Waals surface area contributed by atoms with Gasteiger partial charge in [-0.05, 0) is 80.6 Å². The van der Waals surface area contributed by atoms with Crippen LogP contribution in [-0.2, 0) is 12.8 Å². The highest BCUT2D eigenvalue weighted by atomic mass is 14.1. The maximum Gasteiger partial charge on any atom is -0.00987 e. The van der Waals surface area contributed by atoms with E-state index in [1.165, 1.54) is 80.6 Å². The lowest BCUT2D eigenvalue weighted by Crippen LogP contribution is -1.89. The zero-order valence-electron chi connectivity index (χ0n) is 22.8. The lowest BCUT2D eigenvalue weighted by Gasteiger charge is -2.13. The molecule has 0 N–H and O–H groups in total. The van der Waals surface area contributed by atoms with Crippen molar-refractivity contribution in [3.05, 3.63) is 130 Å². The molecule has 5 aromatic rings. The van der Waals surface area contributed by atoms with Crippen molar-refractivity contribution < 1.29 is 0 Å². The van der Waals surface area contributed by atoms with Crippen molar-refractivity contribution in [2.75, 3.05) is 0 Å². The molecular weight excluding hydrogens is 456 g/mol. The van der Waals surface area contributed by atoms with Gasteiger partial charge >= 0.3 is 0 Å². The van der Waals surface area contributed by atoms with Gasteiger partial charge < -0.3 is 0 Å². The second-order valence-corrected chi connectivity index (χ2v) is 10.3. The van der Waals surface area contributed by atoms with Gasteiger partial charge in [0.1, 0.15) is 0 Å². The average Bonchev–Trinajstić information content (AvgIpc) is 2.97. The predicted octanol–water partition coefficient (Wildman–Crippen LogP) is 11.0. The summed E-state index contributed by atoms with van der Waals surface area (Å²) in [6.45, 7) is 4.50. The molecule has 0 saturated heterocycles. The molecule has 0 saturated carbocycles. The second kappa shape index (κ2) is 12.6. The Kier molecular flexibility index (Phi) is 8.51. The lowest BCUT2D eigenvalue weighted by atomic mass is 9.90. The first-order valence-corrected chi connectivity index (χ1v) is 14.2. The minimum absolute atomic E-state index is 1.16. The molecule has 0 aliphatic carbocycles. The fraction of sp³-hybridized carbons (Fsp3) is 0.211. The van der Waals surface area contributed by atoms with E-state index < -0.39 is 0 Å². The number of hydrogen-bond donors (Lipinski definition) is 0. The van der Waals surface area contributed by atoms with E-state index in [1.807, 2.05) is 0 Å². The van der Waals surface area contributed by atoms with Gasteiger partial charge in [-0.2, -0.15) is 0 Å². The maximum atomic E-state index is 2.30. The van der Waals surface area contributed by atoms with Crippen molar-refractivity contribution in [3.8, 4) is 0 Å². The highest BCUT2D eigenvalue weighted by Crippen LogP contribution is 2.35. The van der Waals surface area contributed by atoms with E-state index >= 15 is 0 Å². The van der Waals surface area contributed by atoms with Gasteiger partial charge in [0.2, 0.25) is 0 Å². The normalized spacial score (nSPS) is 11.8.